The van der Waals surface area contributed by atoms with Crippen molar-refractivity contribution >= 4 is 12.4 Å². The monoisotopic (exact) mass is 305 g/mol. The summed E-state index contributed by atoms with van der Waals surface area (Å²) in [6.07, 6.45) is 1.04. The quantitative estimate of drug-likeness (QED) is 0.779. The van der Waals surface area contributed by atoms with Crippen LogP contribution in [0.2, 0.25) is 0 Å². The van der Waals surface area contributed by atoms with Crippen molar-refractivity contribution in [2.45, 2.75) is 19.4 Å². The maximum Gasteiger partial charge on any atom is 0.119 e. The summed E-state index contributed by atoms with van der Waals surface area (Å²) >= 11 is 0. The molecule has 0 amide bonds. The van der Waals surface area contributed by atoms with Crippen molar-refractivity contribution < 1.29 is 4.74 Å². The van der Waals surface area contributed by atoms with Crippen LogP contribution in [0.5, 0.6) is 5.75 Å². The van der Waals surface area contributed by atoms with Crippen LogP contribution in [-0.4, -0.2) is 31.6 Å². The molecule has 0 aliphatic rings. The SMILES string of the molecule is CC(CCOc1ccc(-c2ccccc2)cc1)N(C)C.Cl. The summed E-state index contributed by atoms with van der Waals surface area (Å²) in [5.74, 6) is 0.940. The van der Waals surface area contributed by atoms with E-state index in [1.807, 2.05) is 18.2 Å². The van der Waals surface area contributed by atoms with Crippen molar-refractivity contribution in [1.82, 2.24) is 4.90 Å². The van der Waals surface area contributed by atoms with Gasteiger partial charge in [0.15, 0.2) is 0 Å². The second-order valence-electron chi connectivity index (χ2n) is 5.34. The minimum atomic E-state index is 0. The first-order chi connectivity index (χ1) is 9.66. The Morgan fingerprint density at radius 1 is 0.905 bits per heavy atom. The Hall–Kier alpha value is -1.51. The number of ether oxygens (including phenoxy) is 1. The third-order valence-electron chi connectivity index (χ3n) is 3.65. The molecule has 0 fully saturated rings. The van der Waals surface area contributed by atoms with Crippen molar-refractivity contribution in [3.8, 4) is 16.9 Å². The lowest BCUT2D eigenvalue weighted by molar-refractivity contribution is 0.233. The summed E-state index contributed by atoms with van der Waals surface area (Å²) in [7, 11) is 4.19. The van der Waals surface area contributed by atoms with E-state index < -0.39 is 0 Å². The molecule has 0 saturated carbocycles. The molecule has 3 heteroatoms. The first-order valence-electron chi connectivity index (χ1n) is 7.11. The fourth-order valence-electron chi connectivity index (χ4n) is 1.98. The molecule has 2 rings (SSSR count). The van der Waals surface area contributed by atoms with Crippen LogP contribution >= 0.6 is 12.4 Å². The molecule has 114 valence electrons. The van der Waals surface area contributed by atoms with E-state index in [2.05, 4.69) is 62.3 Å². The van der Waals surface area contributed by atoms with Crippen molar-refractivity contribution in [3.05, 3.63) is 54.6 Å². The predicted octanol–water partition coefficient (Wildman–Crippen LogP) is 4.49. The van der Waals surface area contributed by atoms with Gasteiger partial charge in [-0.25, -0.2) is 0 Å². The highest BCUT2D eigenvalue weighted by Gasteiger charge is 2.04. The van der Waals surface area contributed by atoms with Gasteiger partial charge in [-0.2, -0.15) is 0 Å². The second kappa shape index (κ2) is 8.71. The van der Waals surface area contributed by atoms with E-state index in [1.54, 1.807) is 0 Å². The van der Waals surface area contributed by atoms with Crippen molar-refractivity contribution in [2.24, 2.45) is 0 Å². The summed E-state index contributed by atoms with van der Waals surface area (Å²) in [5.41, 5.74) is 2.46. The van der Waals surface area contributed by atoms with Gasteiger partial charge in [0.2, 0.25) is 0 Å². The van der Waals surface area contributed by atoms with E-state index in [0.717, 1.165) is 18.8 Å². The van der Waals surface area contributed by atoms with Gasteiger partial charge in [0.25, 0.3) is 0 Å². The zero-order valence-corrected chi connectivity index (χ0v) is 13.8. The first kappa shape index (κ1) is 17.5. The highest BCUT2D eigenvalue weighted by atomic mass is 35.5. The molecule has 21 heavy (non-hydrogen) atoms. The maximum atomic E-state index is 5.79. The molecule has 0 spiro atoms. The molecular weight excluding hydrogens is 282 g/mol. The van der Waals surface area contributed by atoms with E-state index in [-0.39, 0.29) is 12.4 Å². The molecule has 0 aliphatic carbocycles. The van der Waals surface area contributed by atoms with Gasteiger partial charge < -0.3 is 9.64 Å². The zero-order chi connectivity index (χ0) is 14.4. The largest absolute Gasteiger partial charge is 0.494 e. The number of rotatable bonds is 6. The molecule has 0 bridgehead atoms. The van der Waals surface area contributed by atoms with Gasteiger partial charge in [-0.1, -0.05) is 42.5 Å². The van der Waals surface area contributed by atoms with Gasteiger partial charge in [0, 0.05) is 6.04 Å². The van der Waals surface area contributed by atoms with E-state index in [1.165, 1.54) is 11.1 Å². The third kappa shape index (κ3) is 5.41. The summed E-state index contributed by atoms with van der Waals surface area (Å²) < 4.78 is 5.79. The molecular formula is C18H24ClNO. The predicted molar refractivity (Wildman–Crippen MR) is 92.4 cm³/mol. The van der Waals surface area contributed by atoms with E-state index in [9.17, 15) is 0 Å². The Labute approximate surface area is 134 Å². The number of benzene rings is 2. The molecule has 0 aliphatic heterocycles. The first-order valence-corrected chi connectivity index (χ1v) is 7.11. The molecule has 0 heterocycles. The van der Waals surface area contributed by atoms with Crippen LogP contribution in [0.1, 0.15) is 13.3 Å². The Balaban J connectivity index is 0.00000220. The normalized spacial score (nSPS) is 11.8. The van der Waals surface area contributed by atoms with Gasteiger partial charge in [0.1, 0.15) is 5.75 Å². The van der Waals surface area contributed by atoms with Gasteiger partial charge in [-0.3, -0.25) is 0 Å². The Morgan fingerprint density at radius 2 is 1.48 bits per heavy atom. The maximum absolute atomic E-state index is 5.79. The van der Waals surface area contributed by atoms with Crippen molar-refractivity contribution in [3.63, 3.8) is 0 Å². The zero-order valence-electron chi connectivity index (χ0n) is 13.0. The average molecular weight is 306 g/mol. The number of halogens is 1. The standard InChI is InChI=1S/C18H23NO.ClH/c1-15(19(2)3)13-14-20-18-11-9-17(10-12-18)16-7-5-4-6-8-16;/h4-12,15H,13-14H2,1-3H3;1H. The molecule has 2 aromatic rings. The van der Waals surface area contributed by atoms with Gasteiger partial charge in [-0.05, 0) is 50.7 Å². The van der Waals surface area contributed by atoms with Gasteiger partial charge in [-0.15, -0.1) is 12.4 Å². The molecule has 2 nitrogen and oxygen atoms in total. The molecule has 1 unspecified atom stereocenters. The molecule has 0 saturated heterocycles. The molecule has 0 aromatic heterocycles. The van der Waals surface area contributed by atoms with Gasteiger partial charge >= 0.3 is 0 Å². The fraction of sp³-hybridized carbons (Fsp3) is 0.333. The summed E-state index contributed by atoms with van der Waals surface area (Å²) in [4.78, 5) is 2.21. The fourth-order valence-corrected chi connectivity index (χ4v) is 1.98. The third-order valence-corrected chi connectivity index (χ3v) is 3.65. The summed E-state index contributed by atoms with van der Waals surface area (Å²) in [6, 6.07) is 19.2. The van der Waals surface area contributed by atoms with Crippen molar-refractivity contribution in [2.75, 3.05) is 20.7 Å². The lowest BCUT2D eigenvalue weighted by Crippen LogP contribution is -2.26. The van der Waals surface area contributed by atoms with Crippen LogP contribution in [0.15, 0.2) is 54.6 Å². The Bertz CT molecular complexity index is 511. The Kier molecular flexibility index (Phi) is 7.27. The molecule has 1 atom stereocenters. The van der Waals surface area contributed by atoms with Crippen LogP contribution in [-0.2, 0) is 0 Å². The Morgan fingerprint density at radius 3 is 2.05 bits per heavy atom. The molecule has 0 N–H and O–H groups in total. The molecule has 0 radical (unpaired) electrons. The lowest BCUT2D eigenvalue weighted by Gasteiger charge is -2.19. The number of nitrogens with zero attached hydrogens (tertiary/aromatic N) is 1. The summed E-state index contributed by atoms with van der Waals surface area (Å²) in [5, 5.41) is 0. The minimum absolute atomic E-state index is 0. The highest BCUT2D eigenvalue weighted by Crippen LogP contribution is 2.22. The smallest absolute Gasteiger partial charge is 0.119 e. The van der Waals surface area contributed by atoms with Gasteiger partial charge in [0.05, 0.1) is 6.61 Å². The topological polar surface area (TPSA) is 12.5 Å². The van der Waals surface area contributed by atoms with E-state index in [4.69, 9.17) is 4.74 Å². The number of hydrogen-bond donors (Lipinski definition) is 0. The van der Waals surface area contributed by atoms with Crippen LogP contribution in [0.25, 0.3) is 11.1 Å². The molecule has 2 aromatic carbocycles. The average Bonchev–Trinajstić information content (AvgIpc) is 2.48. The summed E-state index contributed by atoms with van der Waals surface area (Å²) in [6.45, 7) is 2.96. The van der Waals surface area contributed by atoms with Crippen LogP contribution in [0.4, 0.5) is 0 Å². The lowest BCUT2D eigenvalue weighted by atomic mass is 10.1. The van der Waals surface area contributed by atoms with Crippen LogP contribution in [0, 0.1) is 0 Å². The van der Waals surface area contributed by atoms with Crippen molar-refractivity contribution in [1.29, 1.82) is 0 Å². The van der Waals surface area contributed by atoms with E-state index in [0.29, 0.717) is 6.04 Å². The minimum Gasteiger partial charge on any atom is -0.494 e. The van der Waals surface area contributed by atoms with E-state index >= 15 is 0 Å². The second-order valence-corrected chi connectivity index (χ2v) is 5.34. The van der Waals surface area contributed by atoms with Crippen LogP contribution in [0.3, 0.4) is 0 Å². The highest BCUT2D eigenvalue weighted by molar-refractivity contribution is 5.85. The van der Waals surface area contributed by atoms with Crippen LogP contribution < -0.4 is 4.74 Å². The number of hydrogen-bond acceptors (Lipinski definition) is 2.